The summed E-state index contributed by atoms with van der Waals surface area (Å²) in [5.41, 5.74) is 1.53. The second-order valence-electron chi connectivity index (χ2n) is 6.88. The zero-order valence-electron chi connectivity index (χ0n) is 17.7. The first-order chi connectivity index (χ1) is 16.0. The summed E-state index contributed by atoms with van der Waals surface area (Å²) in [5.74, 6) is -0.189. The second kappa shape index (κ2) is 9.35. The largest absolute Gasteiger partial charge is 0.512 e. The van der Waals surface area contributed by atoms with E-state index in [0.717, 1.165) is 5.56 Å². The molecule has 4 rings (SSSR count). The molecule has 9 nitrogen and oxygen atoms in total. The summed E-state index contributed by atoms with van der Waals surface area (Å²) < 4.78 is 31.6. The average molecular weight is 450 g/mol. The molecule has 0 fully saturated rings. The molecule has 0 bridgehead atoms. The highest BCUT2D eigenvalue weighted by atomic mass is 19.1. The third kappa shape index (κ3) is 4.74. The van der Waals surface area contributed by atoms with Crippen molar-refractivity contribution in [3.8, 4) is 34.8 Å². The number of hydrogen-bond acceptors (Lipinski definition) is 7. The second-order valence-corrected chi connectivity index (χ2v) is 6.88. The molecule has 0 atom stereocenters. The molecule has 4 aromatic rings. The van der Waals surface area contributed by atoms with Crippen LogP contribution in [0.2, 0.25) is 0 Å². The molecule has 10 heteroatoms. The Morgan fingerprint density at radius 3 is 2.61 bits per heavy atom. The van der Waals surface area contributed by atoms with Crippen molar-refractivity contribution in [1.29, 1.82) is 0 Å². The molecular formula is C23H19FN4O5. The van der Waals surface area contributed by atoms with E-state index in [1.165, 1.54) is 31.6 Å². The molecule has 1 N–H and O–H groups in total. The van der Waals surface area contributed by atoms with Gasteiger partial charge in [0.15, 0.2) is 17.4 Å². The molecule has 168 valence electrons. The van der Waals surface area contributed by atoms with Crippen LogP contribution in [0.25, 0.3) is 11.5 Å². The number of nitrogens with zero attached hydrogens (tertiary/aromatic N) is 4. The van der Waals surface area contributed by atoms with Crippen LogP contribution in [-0.2, 0) is 6.54 Å². The van der Waals surface area contributed by atoms with Crippen molar-refractivity contribution in [2.75, 3.05) is 7.11 Å². The van der Waals surface area contributed by atoms with E-state index in [1.54, 1.807) is 17.6 Å². The first-order valence-corrected chi connectivity index (χ1v) is 9.81. The van der Waals surface area contributed by atoms with Crippen molar-refractivity contribution in [1.82, 2.24) is 19.5 Å². The van der Waals surface area contributed by atoms with E-state index in [1.807, 2.05) is 30.3 Å². The zero-order chi connectivity index (χ0) is 23.4. The summed E-state index contributed by atoms with van der Waals surface area (Å²) in [7, 11) is 1.40. The number of aryl methyl sites for hydroxylation is 1. The molecule has 0 amide bonds. The van der Waals surface area contributed by atoms with Gasteiger partial charge in [0.25, 0.3) is 0 Å². The Labute approximate surface area is 188 Å². The van der Waals surface area contributed by atoms with Crippen LogP contribution >= 0.6 is 0 Å². The summed E-state index contributed by atoms with van der Waals surface area (Å²) >= 11 is 0. The maximum absolute atomic E-state index is 14.3. The quantitative estimate of drug-likeness (QED) is 0.404. The van der Waals surface area contributed by atoms with Crippen LogP contribution in [0.4, 0.5) is 9.18 Å². The minimum absolute atomic E-state index is 0.00326. The van der Waals surface area contributed by atoms with Gasteiger partial charge in [-0.2, -0.15) is 0 Å². The highest BCUT2D eigenvalue weighted by Crippen LogP contribution is 2.34. The number of carbonyl (C=O) groups is 1. The van der Waals surface area contributed by atoms with Gasteiger partial charge in [-0.25, -0.2) is 19.2 Å². The van der Waals surface area contributed by atoms with E-state index < -0.39 is 12.0 Å². The number of hydrogen-bond donors (Lipinski definition) is 1. The van der Waals surface area contributed by atoms with Crippen LogP contribution in [-0.4, -0.2) is 37.9 Å². The van der Waals surface area contributed by atoms with Crippen LogP contribution in [0.15, 0.2) is 60.9 Å². The van der Waals surface area contributed by atoms with E-state index in [-0.39, 0.29) is 35.5 Å². The number of para-hydroxylation sites is 1. The Bertz CT molecular complexity index is 1290. The number of carboxylic acid groups (broad SMARTS) is 1. The molecule has 0 aliphatic rings. The van der Waals surface area contributed by atoms with Crippen molar-refractivity contribution in [2.45, 2.75) is 13.5 Å². The molecular weight excluding hydrogens is 431 g/mol. The smallest absolute Gasteiger partial charge is 0.493 e. The third-order valence-corrected chi connectivity index (χ3v) is 4.65. The first kappa shape index (κ1) is 21.8. The highest BCUT2D eigenvalue weighted by molar-refractivity contribution is 5.62. The third-order valence-electron chi connectivity index (χ3n) is 4.65. The highest BCUT2D eigenvalue weighted by Gasteiger charge is 2.22. The average Bonchev–Trinajstić information content (AvgIpc) is 3.10. The van der Waals surface area contributed by atoms with Gasteiger partial charge < -0.3 is 19.3 Å². The standard InChI is InChI=1S/C23H19FN4O5/c1-14-22(33-23(29)30)28(13-15-7-4-3-5-8-15)21(26-14)17-11-25-12-19(27-17)32-20-16(24)9-6-10-18(20)31-2/h3-12H,13H2,1-2H3,(H,29,30). The molecule has 2 aromatic heterocycles. The molecule has 0 radical (unpaired) electrons. The summed E-state index contributed by atoms with van der Waals surface area (Å²) in [6, 6.07) is 13.7. The number of imidazole rings is 1. The van der Waals surface area contributed by atoms with Crippen molar-refractivity contribution < 1.29 is 28.5 Å². The predicted molar refractivity (Wildman–Crippen MR) is 115 cm³/mol. The number of rotatable bonds is 7. The lowest BCUT2D eigenvalue weighted by Crippen LogP contribution is -2.11. The monoisotopic (exact) mass is 450 g/mol. The van der Waals surface area contributed by atoms with Gasteiger partial charge in [-0.3, -0.25) is 9.55 Å². The number of aromatic nitrogens is 4. The van der Waals surface area contributed by atoms with E-state index in [4.69, 9.17) is 14.2 Å². The van der Waals surface area contributed by atoms with Gasteiger partial charge in [0.1, 0.15) is 11.4 Å². The maximum Gasteiger partial charge on any atom is 0.512 e. The Morgan fingerprint density at radius 1 is 1.09 bits per heavy atom. The SMILES string of the molecule is COc1cccc(F)c1Oc1cncc(-c2nc(C)c(OC(=O)O)n2Cc2ccccc2)n1. The zero-order valence-corrected chi connectivity index (χ0v) is 17.7. The van der Waals surface area contributed by atoms with Gasteiger partial charge >= 0.3 is 6.16 Å². The van der Waals surface area contributed by atoms with Crippen molar-refractivity contribution in [3.05, 3.63) is 78.0 Å². The summed E-state index contributed by atoms with van der Waals surface area (Å²) in [6.45, 7) is 1.90. The summed E-state index contributed by atoms with van der Waals surface area (Å²) in [6.07, 6.45) is 1.30. The molecule has 0 unspecified atom stereocenters. The van der Waals surface area contributed by atoms with E-state index in [0.29, 0.717) is 11.5 Å². The van der Waals surface area contributed by atoms with Gasteiger partial charge in [0, 0.05) is 0 Å². The van der Waals surface area contributed by atoms with E-state index in [9.17, 15) is 14.3 Å². The minimum atomic E-state index is -1.46. The molecule has 0 aliphatic carbocycles. The topological polar surface area (TPSA) is 109 Å². The van der Waals surface area contributed by atoms with Gasteiger partial charge in [0.05, 0.1) is 26.0 Å². The van der Waals surface area contributed by atoms with Crippen molar-refractivity contribution in [3.63, 3.8) is 0 Å². The fraction of sp³-hybridized carbons (Fsp3) is 0.130. The first-order valence-electron chi connectivity index (χ1n) is 9.81. The number of methoxy groups -OCH3 is 1. The minimum Gasteiger partial charge on any atom is -0.493 e. The summed E-state index contributed by atoms with van der Waals surface area (Å²) in [4.78, 5) is 24.2. The normalized spacial score (nSPS) is 10.6. The number of ether oxygens (including phenoxy) is 3. The van der Waals surface area contributed by atoms with Crippen LogP contribution in [0.3, 0.4) is 0 Å². The van der Waals surface area contributed by atoms with Crippen LogP contribution < -0.4 is 14.2 Å². The predicted octanol–water partition coefficient (Wildman–Crippen LogP) is 4.69. The summed E-state index contributed by atoms with van der Waals surface area (Å²) in [5, 5.41) is 9.19. The van der Waals surface area contributed by atoms with Crippen LogP contribution in [0.5, 0.6) is 23.3 Å². The Balaban J connectivity index is 1.76. The molecule has 0 spiro atoms. The van der Waals surface area contributed by atoms with Gasteiger partial charge in [-0.05, 0) is 24.6 Å². The van der Waals surface area contributed by atoms with Gasteiger partial charge in [-0.1, -0.05) is 36.4 Å². The maximum atomic E-state index is 14.3. The Kier molecular flexibility index (Phi) is 6.16. The lowest BCUT2D eigenvalue weighted by molar-refractivity contribution is 0.140. The molecule has 0 saturated heterocycles. The lowest BCUT2D eigenvalue weighted by Gasteiger charge is -2.12. The number of benzene rings is 2. The van der Waals surface area contributed by atoms with Gasteiger partial charge in [0.2, 0.25) is 17.5 Å². The molecule has 2 aromatic carbocycles. The fourth-order valence-electron chi connectivity index (χ4n) is 3.24. The molecule has 0 aliphatic heterocycles. The van der Waals surface area contributed by atoms with E-state index in [2.05, 4.69) is 15.0 Å². The fourth-order valence-corrected chi connectivity index (χ4v) is 3.24. The van der Waals surface area contributed by atoms with Gasteiger partial charge in [-0.15, -0.1) is 0 Å². The van der Waals surface area contributed by atoms with Crippen molar-refractivity contribution in [2.24, 2.45) is 0 Å². The molecule has 2 heterocycles. The Hall–Kier alpha value is -4.47. The molecule has 0 saturated carbocycles. The number of halogens is 1. The van der Waals surface area contributed by atoms with Crippen LogP contribution in [0.1, 0.15) is 11.3 Å². The van der Waals surface area contributed by atoms with E-state index >= 15 is 0 Å². The lowest BCUT2D eigenvalue weighted by atomic mass is 10.2. The van der Waals surface area contributed by atoms with Crippen LogP contribution in [0, 0.1) is 12.7 Å². The van der Waals surface area contributed by atoms with Crippen molar-refractivity contribution >= 4 is 6.16 Å². The Morgan fingerprint density at radius 2 is 1.88 bits per heavy atom. The molecule has 33 heavy (non-hydrogen) atoms.